The average Bonchev–Trinajstić information content (AvgIpc) is 2.04. The highest BCUT2D eigenvalue weighted by Crippen LogP contribution is 2.06. The summed E-state index contributed by atoms with van der Waals surface area (Å²) in [5, 5.41) is 10.5. The van der Waals surface area contributed by atoms with E-state index < -0.39 is 0 Å². The SMILES string of the molecule is NCc1ccccc1C[O]. The van der Waals surface area contributed by atoms with Gasteiger partial charge >= 0.3 is 0 Å². The van der Waals surface area contributed by atoms with Gasteiger partial charge in [0, 0.05) is 6.54 Å². The van der Waals surface area contributed by atoms with Gasteiger partial charge in [0.1, 0.15) is 6.61 Å². The summed E-state index contributed by atoms with van der Waals surface area (Å²) in [6, 6.07) is 7.44. The molecule has 2 N–H and O–H groups in total. The quantitative estimate of drug-likeness (QED) is 0.649. The van der Waals surface area contributed by atoms with E-state index in [-0.39, 0.29) is 6.61 Å². The molecule has 0 atom stereocenters. The molecule has 10 heavy (non-hydrogen) atoms. The second-order valence-electron chi connectivity index (χ2n) is 2.12. The fourth-order valence-corrected chi connectivity index (χ4v) is 0.897. The second-order valence-corrected chi connectivity index (χ2v) is 2.12. The number of benzene rings is 1. The summed E-state index contributed by atoms with van der Waals surface area (Å²) in [4.78, 5) is 0. The number of nitrogens with two attached hydrogens (primary N) is 1. The fraction of sp³-hybridized carbons (Fsp3) is 0.250. The Morgan fingerprint density at radius 3 is 2.20 bits per heavy atom. The van der Waals surface area contributed by atoms with Gasteiger partial charge in [0.2, 0.25) is 0 Å². The van der Waals surface area contributed by atoms with Gasteiger partial charge in [0.25, 0.3) is 0 Å². The van der Waals surface area contributed by atoms with Crippen molar-refractivity contribution in [2.45, 2.75) is 13.2 Å². The molecule has 1 aromatic rings. The zero-order chi connectivity index (χ0) is 7.40. The van der Waals surface area contributed by atoms with E-state index in [1.54, 1.807) is 0 Å². The first-order valence-corrected chi connectivity index (χ1v) is 3.23. The molecule has 0 amide bonds. The van der Waals surface area contributed by atoms with Gasteiger partial charge in [0.05, 0.1) is 0 Å². The molecule has 0 aliphatic heterocycles. The van der Waals surface area contributed by atoms with Crippen molar-refractivity contribution in [3.8, 4) is 0 Å². The van der Waals surface area contributed by atoms with Gasteiger partial charge in [-0.25, -0.2) is 5.11 Å². The third-order valence-electron chi connectivity index (χ3n) is 1.49. The van der Waals surface area contributed by atoms with Gasteiger partial charge in [-0.1, -0.05) is 24.3 Å². The summed E-state index contributed by atoms with van der Waals surface area (Å²) in [5.74, 6) is 0. The van der Waals surface area contributed by atoms with Crippen molar-refractivity contribution in [2.24, 2.45) is 5.73 Å². The minimum Gasteiger partial charge on any atom is -0.326 e. The van der Waals surface area contributed by atoms with Crippen molar-refractivity contribution in [1.29, 1.82) is 0 Å². The normalized spacial score (nSPS) is 9.80. The van der Waals surface area contributed by atoms with E-state index in [2.05, 4.69) is 0 Å². The van der Waals surface area contributed by atoms with Crippen molar-refractivity contribution in [3.05, 3.63) is 35.4 Å². The Morgan fingerprint density at radius 2 is 1.80 bits per heavy atom. The molecule has 1 radical (unpaired) electrons. The highest BCUT2D eigenvalue weighted by atomic mass is 16.3. The van der Waals surface area contributed by atoms with Crippen molar-refractivity contribution >= 4 is 0 Å². The molecule has 0 saturated carbocycles. The zero-order valence-electron chi connectivity index (χ0n) is 5.71. The molecular formula is C8H10NO. The predicted molar refractivity (Wildman–Crippen MR) is 38.7 cm³/mol. The molecule has 0 aromatic heterocycles. The molecule has 0 saturated heterocycles. The molecule has 2 heteroatoms. The van der Waals surface area contributed by atoms with Crippen LogP contribution in [0.25, 0.3) is 0 Å². The molecule has 2 nitrogen and oxygen atoms in total. The van der Waals surface area contributed by atoms with E-state index in [4.69, 9.17) is 5.73 Å². The maximum absolute atomic E-state index is 10.5. The molecule has 0 heterocycles. The Labute approximate surface area is 60.3 Å². The van der Waals surface area contributed by atoms with Crippen LogP contribution >= 0.6 is 0 Å². The lowest BCUT2D eigenvalue weighted by Gasteiger charge is -2.00. The van der Waals surface area contributed by atoms with Crippen LogP contribution in [0.5, 0.6) is 0 Å². The maximum atomic E-state index is 10.5. The molecule has 0 spiro atoms. The van der Waals surface area contributed by atoms with Crippen LogP contribution in [0.4, 0.5) is 0 Å². The van der Waals surface area contributed by atoms with Gasteiger partial charge in [-0.05, 0) is 11.1 Å². The summed E-state index contributed by atoms with van der Waals surface area (Å²) in [7, 11) is 0. The highest BCUT2D eigenvalue weighted by Gasteiger charge is 1.96. The van der Waals surface area contributed by atoms with Crippen LogP contribution < -0.4 is 5.73 Å². The first kappa shape index (κ1) is 7.25. The summed E-state index contributed by atoms with van der Waals surface area (Å²) >= 11 is 0. The zero-order valence-corrected chi connectivity index (χ0v) is 5.71. The van der Waals surface area contributed by atoms with Crippen LogP contribution in [0.1, 0.15) is 11.1 Å². The molecular weight excluding hydrogens is 126 g/mol. The number of hydrogen-bond donors (Lipinski definition) is 1. The first-order chi connectivity index (χ1) is 4.88. The van der Waals surface area contributed by atoms with Gasteiger partial charge in [-0.2, -0.15) is 0 Å². The molecule has 1 aromatic carbocycles. The van der Waals surface area contributed by atoms with Crippen LogP contribution in [-0.4, -0.2) is 0 Å². The van der Waals surface area contributed by atoms with Crippen LogP contribution in [-0.2, 0) is 18.3 Å². The topological polar surface area (TPSA) is 45.9 Å². The highest BCUT2D eigenvalue weighted by molar-refractivity contribution is 5.25. The number of rotatable bonds is 2. The van der Waals surface area contributed by atoms with E-state index in [1.165, 1.54) is 0 Å². The third-order valence-corrected chi connectivity index (χ3v) is 1.49. The Bertz CT molecular complexity index is 187. The van der Waals surface area contributed by atoms with E-state index in [0.717, 1.165) is 11.1 Å². The predicted octanol–water partition coefficient (Wildman–Crippen LogP) is 1.08. The Balaban J connectivity index is 2.96. The molecule has 0 unspecified atom stereocenters. The van der Waals surface area contributed by atoms with Gasteiger partial charge in [0.15, 0.2) is 0 Å². The smallest absolute Gasteiger partial charge is 0.108 e. The lowest BCUT2D eigenvalue weighted by atomic mass is 10.1. The van der Waals surface area contributed by atoms with Crippen LogP contribution in [0, 0.1) is 0 Å². The average molecular weight is 136 g/mol. The fourth-order valence-electron chi connectivity index (χ4n) is 0.897. The lowest BCUT2D eigenvalue weighted by Crippen LogP contribution is -2.00. The summed E-state index contributed by atoms with van der Waals surface area (Å²) in [6.45, 7) is 0.284. The van der Waals surface area contributed by atoms with E-state index in [0.29, 0.717) is 6.54 Å². The van der Waals surface area contributed by atoms with Crippen LogP contribution in [0.15, 0.2) is 24.3 Å². The Hall–Kier alpha value is -0.860. The van der Waals surface area contributed by atoms with Crippen molar-refractivity contribution in [2.75, 3.05) is 0 Å². The molecule has 0 aliphatic rings. The molecule has 1 rings (SSSR count). The van der Waals surface area contributed by atoms with Gasteiger partial charge in [-0.3, -0.25) is 0 Å². The Morgan fingerprint density at radius 1 is 1.20 bits per heavy atom. The monoisotopic (exact) mass is 136 g/mol. The molecule has 0 bridgehead atoms. The third kappa shape index (κ3) is 1.35. The van der Waals surface area contributed by atoms with Crippen molar-refractivity contribution in [1.82, 2.24) is 0 Å². The first-order valence-electron chi connectivity index (χ1n) is 3.23. The molecule has 0 fully saturated rings. The van der Waals surface area contributed by atoms with Crippen LogP contribution in [0.2, 0.25) is 0 Å². The maximum Gasteiger partial charge on any atom is 0.108 e. The summed E-state index contributed by atoms with van der Waals surface area (Å²) in [6.07, 6.45) is 0. The molecule has 53 valence electrons. The second kappa shape index (κ2) is 3.34. The van der Waals surface area contributed by atoms with Crippen molar-refractivity contribution in [3.63, 3.8) is 0 Å². The van der Waals surface area contributed by atoms with Crippen LogP contribution in [0.3, 0.4) is 0 Å². The minimum absolute atomic E-state index is 0.173. The summed E-state index contributed by atoms with van der Waals surface area (Å²) < 4.78 is 0. The van der Waals surface area contributed by atoms with Crippen molar-refractivity contribution < 1.29 is 5.11 Å². The van der Waals surface area contributed by atoms with E-state index in [1.807, 2.05) is 24.3 Å². The largest absolute Gasteiger partial charge is 0.326 e. The molecule has 0 aliphatic carbocycles. The summed E-state index contributed by atoms with van der Waals surface area (Å²) in [5.41, 5.74) is 7.15. The lowest BCUT2D eigenvalue weighted by molar-refractivity contribution is 0.177. The Kier molecular flexibility index (Phi) is 2.42. The minimum atomic E-state index is -0.173. The van der Waals surface area contributed by atoms with E-state index >= 15 is 0 Å². The number of hydrogen-bond acceptors (Lipinski definition) is 1. The van der Waals surface area contributed by atoms with Gasteiger partial charge < -0.3 is 5.73 Å². The standard InChI is InChI=1S/C8H10NO/c9-5-7-3-1-2-4-8(7)6-10/h1-4H,5-6,9H2. The van der Waals surface area contributed by atoms with E-state index in [9.17, 15) is 5.11 Å². The van der Waals surface area contributed by atoms with Gasteiger partial charge in [-0.15, -0.1) is 0 Å².